The minimum Gasteiger partial charge on any atom is -0.481 e. The smallest absolute Gasteiger partial charge is 0.303 e. The summed E-state index contributed by atoms with van der Waals surface area (Å²) in [4.78, 5) is 23.8. The highest BCUT2D eigenvalue weighted by atomic mass is 16.4. The molecule has 2 heterocycles. The van der Waals surface area contributed by atoms with Gasteiger partial charge in [0.1, 0.15) is 5.82 Å². The summed E-state index contributed by atoms with van der Waals surface area (Å²) in [7, 11) is 4.22. The molecule has 0 aromatic carbocycles. The summed E-state index contributed by atoms with van der Waals surface area (Å²) in [6, 6.07) is 0.477. The lowest BCUT2D eigenvalue weighted by Gasteiger charge is -2.41. The van der Waals surface area contributed by atoms with Gasteiger partial charge in [-0.1, -0.05) is 25.7 Å². The van der Waals surface area contributed by atoms with Gasteiger partial charge < -0.3 is 15.0 Å². The van der Waals surface area contributed by atoms with Crippen molar-refractivity contribution in [2.45, 2.75) is 64.0 Å². The molecule has 0 bridgehead atoms. The van der Waals surface area contributed by atoms with Crippen LogP contribution in [0.4, 0.5) is 0 Å². The number of nitrogens with one attached hydrogen (secondary N) is 1. The number of aromatic nitrogens is 2. The molecule has 2 fully saturated rings. The molecule has 1 aliphatic carbocycles. The molecule has 0 radical (unpaired) electrons. The zero-order chi connectivity index (χ0) is 18.5. The number of aromatic amines is 1. The van der Waals surface area contributed by atoms with Crippen LogP contribution in [0.2, 0.25) is 0 Å². The van der Waals surface area contributed by atoms with E-state index in [4.69, 9.17) is 5.11 Å². The number of H-pyrrole nitrogens is 1. The summed E-state index contributed by atoms with van der Waals surface area (Å²) in [5.41, 5.74) is 1.19. The van der Waals surface area contributed by atoms with Gasteiger partial charge in [0.05, 0.1) is 0 Å². The Bertz CT molecular complexity index is 580. The summed E-state index contributed by atoms with van der Waals surface area (Å²) in [6.07, 6.45) is 10.6. The summed E-state index contributed by atoms with van der Waals surface area (Å²) in [5, 5.41) is 9.05. The van der Waals surface area contributed by atoms with Crippen molar-refractivity contribution in [3.8, 4) is 0 Å². The Labute approximate surface area is 157 Å². The van der Waals surface area contributed by atoms with Crippen LogP contribution in [-0.2, 0) is 17.8 Å². The van der Waals surface area contributed by atoms with Crippen molar-refractivity contribution in [2.75, 3.05) is 27.2 Å². The van der Waals surface area contributed by atoms with E-state index < -0.39 is 5.97 Å². The molecule has 2 aliphatic rings. The highest BCUT2D eigenvalue weighted by Crippen LogP contribution is 2.28. The fourth-order valence-corrected chi connectivity index (χ4v) is 4.83. The number of carboxylic acid groups (broad SMARTS) is 1. The van der Waals surface area contributed by atoms with E-state index in [9.17, 15) is 4.79 Å². The summed E-state index contributed by atoms with van der Waals surface area (Å²) in [5.74, 6) is 1.67. The van der Waals surface area contributed by atoms with Gasteiger partial charge in [-0.25, -0.2) is 4.98 Å². The average molecular weight is 363 g/mol. The first-order valence-corrected chi connectivity index (χ1v) is 10.1. The van der Waals surface area contributed by atoms with Crippen molar-refractivity contribution < 1.29 is 9.90 Å². The van der Waals surface area contributed by atoms with Gasteiger partial charge in [-0.05, 0) is 38.8 Å². The molecule has 1 aliphatic heterocycles. The van der Waals surface area contributed by atoms with Gasteiger partial charge in [-0.2, -0.15) is 0 Å². The molecule has 1 saturated carbocycles. The molecule has 0 spiro atoms. The van der Waals surface area contributed by atoms with Gasteiger partial charge in [0.15, 0.2) is 0 Å². The predicted octanol–water partition coefficient (Wildman–Crippen LogP) is 2.76. The van der Waals surface area contributed by atoms with Crippen LogP contribution in [0.3, 0.4) is 0 Å². The van der Waals surface area contributed by atoms with E-state index in [-0.39, 0.29) is 6.42 Å². The summed E-state index contributed by atoms with van der Waals surface area (Å²) >= 11 is 0. The number of imidazole rings is 1. The van der Waals surface area contributed by atoms with Gasteiger partial charge in [0.2, 0.25) is 0 Å². The van der Waals surface area contributed by atoms with Crippen molar-refractivity contribution in [3.05, 3.63) is 17.7 Å². The second-order valence-corrected chi connectivity index (χ2v) is 8.46. The SMILES string of the molecule is CN(C)[C@@H]1CCN(Cc2cnc(CC3CCCC3)[nH]2)C[C@@H]1CCC(=O)O. The molecule has 1 saturated heterocycles. The Hall–Kier alpha value is -1.40. The van der Waals surface area contributed by atoms with Crippen LogP contribution < -0.4 is 0 Å². The van der Waals surface area contributed by atoms with E-state index in [2.05, 4.69) is 33.9 Å². The fraction of sp³-hybridized carbons (Fsp3) is 0.800. The zero-order valence-electron chi connectivity index (χ0n) is 16.3. The Morgan fingerprint density at radius 2 is 2.12 bits per heavy atom. The normalized spacial score (nSPS) is 25.2. The lowest BCUT2D eigenvalue weighted by molar-refractivity contribution is -0.137. The molecule has 0 unspecified atom stereocenters. The first-order valence-electron chi connectivity index (χ1n) is 10.1. The van der Waals surface area contributed by atoms with Gasteiger partial charge in [0.25, 0.3) is 0 Å². The first-order chi connectivity index (χ1) is 12.5. The molecule has 1 aromatic rings. The van der Waals surface area contributed by atoms with Crippen LogP contribution in [0.1, 0.15) is 56.5 Å². The standard InChI is InChI=1S/C20H34N4O2/c1-23(2)18-9-10-24(13-16(18)7-8-20(25)26)14-17-12-21-19(22-17)11-15-5-3-4-6-15/h12,15-16,18H,3-11,13-14H2,1-2H3,(H,21,22)(H,25,26)/t16-,18+/m0/s1. The Morgan fingerprint density at radius 3 is 2.81 bits per heavy atom. The third-order valence-corrected chi connectivity index (χ3v) is 6.20. The predicted molar refractivity (Wildman–Crippen MR) is 102 cm³/mol. The molecule has 6 heteroatoms. The van der Waals surface area contributed by atoms with E-state index in [0.717, 1.165) is 50.6 Å². The third-order valence-electron chi connectivity index (χ3n) is 6.20. The summed E-state index contributed by atoms with van der Waals surface area (Å²) in [6.45, 7) is 2.91. The van der Waals surface area contributed by atoms with Crippen LogP contribution in [0.25, 0.3) is 0 Å². The van der Waals surface area contributed by atoms with E-state index in [0.29, 0.717) is 12.0 Å². The van der Waals surface area contributed by atoms with Crippen molar-refractivity contribution in [3.63, 3.8) is 0 Å². The molecule has 146 valence electrons. The van der Waals surface area contributed by atoms with E-state index in [1.54, 1.807) is 0 Å². The van der Waals surface area contributed by atoms with Crippen LogP contribution in [0.5, 0.6) is 0 Å². The molecule has 0 amide bonds. The second kappa shape index (κ2) is 9.00. The number of carbonyl (C=O) groups is 1. The number of piperidine rings is 1. The van der Waals surface area contributed by atoms with Crippen molar-refractivity contribution in [1.29, 1.82) is 0 Å². The Morgan fingerprint density at radius 1 is 1.35 bits per heavy atom. The Balaban J connectivity index is 1.54. The van der Waals surface area contributed by atoms with E-state index in [1.165, 1.54) is 31.4 Å². The molecular formula is C20H34N4O2. The average Bonchev–Trinajstić information content (AvgIpc) is 3.25. The third kappa shape index (κ3) is 5.30. The van der Waals surface area contributed by atoms with Gasteiger partial charge in [-0.15, -0.1) is 0 Å². The lowest BCUT2D eigenvalue weighted by atomic mass is 9.87. The monoisotopic (exact) mass is 362 g/mol. The molecule has 6 nitrogen and oxygen atoms in total. The number of carboxylic acids is 1. The molecular weight excluding hydrogens is 328 g/mol. The number of aliphatic carboxylic acids is 1. The maximum absolute atomic E-state index is 11.0. The summed E-state index contributed by atoms with van der Waals surface area (Å²) < 4.78 is 0. The van der Waals surface area contributed by atoms with Crippen LogP contribution in [0, 0.1) is 11.8 Å². The largest absolute Gasteiger partial charge is 0.481 e. The zero-order valence-corrected chi connectivity index (χ0v) is 16.3. The van der Waals surface area contributed by atoms with E-state index >= 15 is 0 Å². The quantitative estimate of drug-likeness (QED) is 0.744. The maximum Gasteiger partial charge on any atom is 0.303 e. The molecule has 2 N–H and O–H groups in total. The highest BCUT2D eigenvalue weighted by Gasteiger charge is 2.31. The number of nitrogens with zero attached hydrogens (tertiary/aromatic N) is 3. The fourth-order valence-electron chi connectivity index (χ4n) is 4.83. The van der Waals surface area contributed by atoms with Gasteiger partial charge in [0, 0.05) is 50.4 Å². The van der Waals surface area contributed by atoms with Crippen molar-refractivity contribution in [1.82, 2.24) is 19.8 Å². The molecule has 26 heavy (non-hydrogen) atoms. The molecule has 3 rings (SSSR count). The maximum atomic E-state index is 11.0. The van der Waals surface area contributed by atoms with Crippen LogP contribution in [-0.4, -0.2) is 64.1 Å². The number of likely N-dealkylation sites (tertiary alicyclic amines) is 1. The van der Waals surface area contributed by atoms with Crippen LogP contribution in [0.15, 0.2) is 6.20 Å². The highest BCUT2D eigenvalue weighted by molar-refractivity contribution is 5.66. The number of hydrogen-bond donors (Lipinski definition) is 2. The minimum atomic E-state index is -0.690. The molecule has 2 atom stereocenters. The van der Waals surface area contributed by atoms with Crippen molar-refractivity contribution >= 4 is 5.97 Å². The number of rotatable bonds is 8. The van der Waals surface area contributed by atoms with Gasteiger partial charge in [-0.3, -0.25) is 9.69 Å². The van der Waals surface area contributed by atoms with Crippen molar-refractivity contribution in [2.24, 2.45) is 11.8 Å². The van der Waals surface area contributed by atoms with Gasteiger partial charge >= 0.3 is 5.97 Å². The molecule has 1 aromatic heterocycles. The first kappa shape index (κ1) is 19.4. The second-order valence-electron chi connectivity index (χ2n) is 8.46. The Kier molecular flexibility index (Phi) is 6.70. The minimum absolute atomic E-state index is 0.262. The number of hydrogen-bond acceptors (Lipinski definition) is 4. The van der Waals surface area contributed by atoms with Crippen LogP contribution >= 0.6 is 0 Å². The topological polar surface area (TPSA) is 72.5 Å². The lowest BCUT2D eigenvalue weighted by Crippen LogP contribution is -2.48. The van der Waals surface area contributed by atoms with E-state index in [1.807, 2.05) is 6.20 Å².